The molecule has 0 bridgehead atoms. The average Bonchev–Trinajstić information content (AvgIpc) is 2.79. The maximum atomic E-state index is 12.2. The molecule has 0 spiro atoms. The van der Waals surface area contributed by atoms with Crippen LogP contribution in [0.5, 0.6) is 0 Å². The highest BCUT2D eigenvalue weighted by Crippen LogP contribution is 2.17. The van der Waals surface area contributed by atoms with Crippen molar-refractivity contribution in [2.75, 3.05) is 13.1 Å². The third-order valence-electron chi connectivity index (χ3n) is 3.63. The number of carbonyl (C=O) groups excluding carboxylic acids is 1. The zero-order valence-corrected chi connectivity index (χ0v) is 10.8. The quantitative estimate of drug-likeness (QED) is 0.888. The van der Waals surface area contributed by atoms with Crippen LogP contribution in [-0.2, 0) is 11.2 Å². The highest BCUT2D eigenvalue weighted by molar-refractivity contribution is 5.76. The lowest BCUT2D eigenvalue weighted by molar-refractivity contribution is -0.133. The minimum atomic E-state index is 0.212. The number of hydrogen-bond donors (Lipinski definition) is 1. The monoisotopic (exact) mass is 250 g/mol. The summed E-state index contributed by atoms with van der Waals surface area (Å²) in [4.78, 5) is 14.2. The third-order valence-corrected chi connectivity index (χ3v) is 3.63. The first kappa shape index (κ1) is 13.1. The van der Waals surface area contributed by atoms with Crippen LogP contribution in [0.4, 0.5) is 0 Å². The number of aryl methyl sites for hydroxylation is 1. The molecule has 1 aliphatic rings. The van der Waals surface area contributed by atoms with Gasteiger partial charge < -0.3 is 15.1 Å². The highest BCUT2D eigenvalue weighted by atomic mass is 16.3. The van der Waals surface area contributed by atoms with Gasteiger partial charge in [-0.25, -0.2) is 0 Å². The molecule has 1 fully saturated rings. The fourth-order valence-electron chi connectivity index (χ4n) is 2.58. The smallest absolute Gasteiger partial charge is 0.223 e. The first-order valence-electron chi connectivity index (χ1n) is 6.83. The van der Waals surface area contributed by atoms with Gasteiger partial charge in [0.05, 0.1) is 6.26 Å². The Morgan fingerprint density at radius 3 is 3.06 bits per heavy atom. The zero-order valence-electron chi connectivity index (χ0n) is 10.8. The fourth-order valence-corrected chi connectivity index (χ4v) is 2.58. The van der Waals surface area contributed by atoms with Gasteiger partial charge in [0.2, 0.25) is 5.91 Å². The molecular formula is C14H22N2O2. The summed E-state index contributed by atoms with van der Waals surface area (Å²) in [5.41, 5.74) is 5.78. The van der Waals surface area contributed by atoms with Gasteiger partial charge in [-0.3, -0.25) is 4.79 Å². The lowest BCUT2D eigenvalue weighted by Crippen LogP contribution is -2.44. The summed E-state index contributed by atoms with van der Waals surface area (Å²) in [7, 11) is 0. The Morgan fingerprint density at radius 2 is 2.33 bits per heavy atom. The molecule has 0 aromatic carbocycles. The van der Waals surface area contributed by atoms with Crippen molar-refractivity contribution in [3.63, 3.8) is 0 Å². The van der Waals surface area contributed by atoms with E-state index in [1.807, 2.05) is 17.0 Å². The van der Waals surface area contributed by atoms with Crippen molar-refractivity contribution in [2.45, 2.75) is 44.6 Å². The Kier molecular flexibility index (Phi) is 4.81. The molecule has 1 amide bonds. The molecule has 1 aromatic rings. The van der Waals surface area contributed by atoms with Crippen molar-refractivity contribution in [3.8, 4) is 0 Å². The molecule has 0 aliphatic carbocycles. The number of furan rings is 1. The van der Waals surface area contributed by atoms with Gasteiger partial charge in [0, 0.05) is 32.0 Å². The van der Waals surface area contributed by atoms with Crippen LogP contribution in [0.2, 0.25) is 0 Å². The first-order chi connectivity index (χ1) is 8.81. The van der Waals surface area contributed by atoms with Crippen molar-refractivity contribution in [1.82, 2.24) is 4.90 Å². The number of hydrogen-bond acceptors (Lipinski definition) is 3. The molecule has 1 unspecified atom stereocenters. The third kappa shape index (κ3) is 3.35. The summed E-state index contributed by atoms with van der Waals surface area (Å²) >= 11 is 0. The molecule has 2 N–H and O–H groups in total. The predicted octanol–water partition coefficient (Wildman–Crippen LogP) is 1.94. The molecule has 2 rings (SSSR count). The Hall–Kier alpha value is -1.29. The summed E-state index contributed by atoms with van der Waals surface area (Å²) in [6.07, 6.45) is 7.38. The minimum absolute atomic E-state index is 0.212. The normalized spacial score (nSPS) is 20.7. The van der Waals surface area contributed by atoms with E-state index in [1.54, 1.807) is 6.26 Å². The van der Waals surface area contributed by atoms with E-state index in [0.717, 1.165) is 25.1 Å². The summed E-state index contributed by atoms with van der Waals surface area (Å²) in [5.74, 6) is 1.09. The second-order valence-electron chi connectivity index (χ2n) is 4.91. The van der Waals surface area contributed by atoms with E-state index in [0.29, 0.717) is 19.4 Å². The fraction of sp³-hybridized carbons (Fsp3) is 0.643. The van der Waals surface area contributed by atoms with E-state index >= 15 is 0 Å². The molecular weight excluding hydrogens is 228 g/mol. The molecule has 1 atom stereocenters. The zero-order chi connectivity index (χ0) is 12.8. The van der Waals surface area contributed by atoms with Crippen molar-refractivity contribution < 1.29 is 9.21 Å². The van der Waals surface area contributed by atoms with Crippen molar-refractivity contribution >= 4 is 5.91 Å². The van der Waals surface area contributed by atoms with Gasteiger partial charge in [-0.05, 0) is 25.0 Å². The molecule has 1 aliphatic heterocycles. The van der Waals surface area contributed by atoms with Gasteiger partial charge in [0.15, 0.2) is 0 Å². The van der Waals surface area contributed by atoms with Gasteiger partial charge in [-0.15, -0.1) is 0 Å². The topological polar surface area (TPSA) is 59.5 Å². The highest BCUT2D eigenvalue weighted by Gasteiger charge is 2.23. The SMILES string of the molecule is NCC1CCCCCN1C(=O)CCc1ccco1. The molecule has 1 aromatic heterocycles. The molecule has 0 radical (unpaired) electrons. The maximum Gasteiger partial charge on any atom is 0.223 e. The van der Waals surface area contributed by atoms with E-state index in [-0.39, 0.29) is 11.9 Å². The van der Waals surface area contributed by atoms with E-state index in [4.69, 9.17) is 10.2 Å². The number of nitrogens with zero attached hydrogens (tertiary/aromatic N) is 1. The number of carbonyl (C=O) groups is 1. The van der Waals surface area contributed by atoms with Crippen LogP contribution in [0.25, 0.3) is 0 Å². The van der Waals surface area contributed by atoms with Gasteiger partial charge in [0.25, 0.3) is 0 Å². The maximum absolute atomic E-state index is 12.2. The second kappa shape index (κ2) is 6.59. The minimum Gasteiger partial charge on any atom is -0.469 e. The first-order valence-corrected chi connectivity index (χ1v) is 6.83. The van der Waals surface area contributed by atoms with Crippen molar-refractivity contribution in [3.05, 3.63) is 24.2 Å². The Labute approximate surface area is 108 Å². The largest absolute Gasteiger partial charge is 0.469 e. The van der Waals surface area contributed by atoms with E-state index in [1.165, 1.54) is 12.8 Å². The Bertz CT molecular complexity index is 362. The van der Waals surface area contributed by atoms with Gasteiger partial charge >= 0.3 is 0 Å². The average molecular weight is 250 g/mol. The number of rotatable bonds is 4. The lowest BCUT2D eigenvalue weighted by atomic mass is 10.1. The Balaban J connectivity index is 1.89. The van der Waals surface area contributed by atoms with E-state index < -0.39 is 0 Å². The van der Waals surface area contributed by atoms with Crippen LogP contribution in [0.1, 0.15) is 37.9 Å². The molecule has 0 saturated carbocycles. The van der Waals surface area contributed by atoms with Gasteiger partial charge in [-0.1, -0.05) is 12.8 Å². The van der Waals surface area contributed by atoms with Crippen LogP contribution in [0, 0.1) is 0 Å². The van der Waals surface area contributed by atoms with Crippen LogP contribution in [0.3, 0.4) is 0 Å². The van der Waals surface area contributed by atoms with Crippen LogP contribution in [-0.4, -0.2) is 29.9 Å². The number of nitrogens with two attached hydrogens (primary N) is 1. The number of likely N-dealkylation sites (tertiary alicyclic amines) is 1. The lowest BCUT2D eigenvalue weighted by Gasteiger charge is -2.29. The standard InChI is InChI=1S/C14H22N2O2/c15-11-12-5-2-1-3-9-16(12)14(17)8-7-13-6-4-10-18-13/h4,6,10,12H,1-3,5,7-9,11,15H2. The van der Waals surface area contributed by atoms with Gasteiger partial charge in [0.1, 0.15) is 5.76 Å². The van der Waals surface area contributed by atoms with Crippen LogP contribution in [0.15, 0.2) is 22.8 Å². The summed E-state index contributed by atoms with van der Waals surface area (Å²) in [6.45, 7) is 1.44. The second-order valence-corrected chi connectivity index (χ2v) is 4.91. The molecule has 18 heavy (non-hydrogen) atoms. The number of amides is 1. The molecule has 2 heterocycles. The molecule has 1 saturated heterocycles. The van der Waals surface area contributed by atoms with Crippen LogP contribution >= 0.6 is 0 Å². The molecule has 4 nitrogen and oxygen atoms in total. The van der Waals surface area contributed by atoms with Crippen molar-refractivity contribution in [2.24, 2.45) is 5.73 Å². The molecule has 100 valence electrons. The Morgan fingerprint density at radius 1 is 1.44 bits per heavy atom. The summed E-state index contributed by atoms with van der Waals surface area (Å²) < 4.78 is 5.25. The predicted molar refractivity (Wildman–Crippen MR) is 70.1 cm³/mol. The summed E-state index contributed by atoms with van der Waals surface area (Å²) in [6, 6.07) is 4.00. The van der Waals surface area contributed by atoms with E-state index in [2.05, 4.69) is 0 Å². The van der Waals surface area contributed by atoms with E-state index in [9.17, 15) is 4.79 Å². The van der Waals surface area contributed by atoms with Crippen LogP contribution < -0.4 is 5.73 Å². The summed E-state index contributed by atoms with van der Waals surface area (Å²) in [5, 5.41) is 0. The van der Waals surface area contributed by atoms with Gasteiger partial charge in [-0.2, -0.15) is 0 Å². The van der Waals surface area contributed by atoms with Crippen molar-refractivity contribution in [1.29, 1.82) is 0 Å². The molecule has 4 heteroatoms.